The van der Waals surface area contributed by atoms with Gasteiger partial charge in [-0.3, -0.25) is 0 Å². The van der Waals surface area contributed by atoms with E-state index in [9.17, 15) is 0 Å². The minimum absolute atomic E-state index is 0.604. The standard InChI is InChI=1S/C19H28N4/c1-22-11-4-5-16(22)10-14-23-12-8-15(9-13-23)19-20-17-6-2-3-7-18(17)21-19/h2-3,6-7,15-16H,4-5,8-14H2,1H3,(H,20,21)/t16-/m1/s1. The molecule has 2 aromatic rings. The Labute approximate surface area is 138 Å². The highest BCUT2D eigenvalue weighted by molar-refractivity contribution is 5.74. The molecule has 23 heavy (non-hydrogen) atoms. The Morgan fingerprint density at radius 2 is 1.96 bits per heavy atom. The minimum Gasteiger partial charge on any atom is -0.342 e. The van der Waals surface area contributed by atoms with Crippen LogP contribution in [-0.2, 0) is 0 Å². The lowest BCUT2D eigenvalue weighted by atomic mass is 9.96. The lowest BCUT2D eigenvalue weighted by Gasteiger charge is -2.32. The summed E-state index contributed by atoms with van der Waals surface area (Å²) in [5.41, 5.74) is 2.28. The summed E-state index contributed by atoms with van der Waals surface area (Å²) in [6, 6.07) is 9.19. The van der Waals surface area contributed by atoms with Crippen LogP contribution < -0.4 is 0 Å². The van der Waals surface area contributed by atoms with Crippen LogP contribution in [0.15, 0.2) is 24.3 Å². The molecule has 1 atom stereocenters. The maximum atomic E-state index is 4.80. The Bertz CT molecular complexity index is 609. The molecule has 4 heteroatoms. The van der Waals surface area contributed by atoms with E-state index in [1.165, 1.54) is 69.6 Å². The number of nitrogens with zero attached hydrogens (tertiary/aromatic N) is 3. The minimum atomic E-state index is 0.604. The van der Waals surface area contributed by atoms with Crippen LogP contribution in [0.25, 0.3) is 11.0 Å². The molecule has 1 aromatic heterocycles. The fraction of sp³-hybridized carbons (Fsp3) is 0.632. The molecule has 2 fully saturated rings. The van der Waals surface area contributed by atoms with Crippen molar-refractivity contribution in [3.63, 3.8) is 0 Å². The maximum absolute atomic E-state index is 4.80. The first-order valence-corrected chi connectivity index (χ1v) is 9.17. The van der Waals surface area contributed by atoms with Crippen LogP contribution in [0.2, 0.25) is 0 Å². The van der Waals surface area contributed by atoms with Crippen molar-refractivity contribution in [3.05, 3.63) is 30.1 Å². The number of nitrogens with one attached hydrogen (secondary N) is 1. The number of para-hydroxylation sites is 2. The van der Waals surface area contributed by atoms with Gasteiger partial charge in [-0.1, -0.05) is 12.1 Å². The van der Waals surface area contributed by atoms with E-state index in [4.69, 9.17) is 4.98 Å². The van der Waals surface area contributed by atoms with E-state index >= 15 is 0 Å². The number of likely N-dealkylation sites (tertiary alicyclic amines) is 2. The van der Waals surface area contributed by atoms with E-state index in [1.54, 1.807) is 0 Å². The van der Waals surface area contributed by atoms with E-state index in [0.717, 1.165) is 11.6 Å². The molecule has 3 heterocycles. The molecule has 0 amide bonds. The monoisotopic (exact) mass is 312 g/mol. The van der Waals surface area contributed by atoms with Crippen LogP contribution in [0, 0.1) is 0 Å². The van der Waals surface area contributed by atoms with E-state index in [0.29, 0.717) is 5.92 Å². The first kappa shape index (κ1) is 15.2. The topological polar surface area (TPSA) is 35.2 Å². The summed E-state index contributed by atoms with van der Waals surface area (Å²) in [5, 5.41) is 0. The summed E-state index contributed by atoms with van der Waals surface area (Å²) >= 11 is 0. The van der Waals surface area contributed by atoms with E-state index in [1.807, 2.05) is 0 Å². The molecule has 4 rings (SSSR count). The van der Waals surface area contributed by atoms with Crippen molar-refractivity contribution in [1.82, 2.24) is 19.8 Å². The molecular formula is C19H28N4. The first-order valence-electron chi connectivity index (χ1n) is 9.17. The third kappa shape index (κ3) is 3.29. The molecule has 124 valence electrons. The second-order valence-corrected chi connectivity index (χ2v) is 7.32. The van der Waals surface area contributed by atoms with Gasteiger partial charge < -0.3 is 14.8 Å². The first-order chi connectivity index (χ1) is 11.3. The Balaban J connectivity index is 1.30. The highest BCUT2D eigenvalue weighted by atomic mass is 15.2. The number of hydrogen-bond donors (Lipinski definition) is 1. The van der Waals surface area contributed by atoms with Gasteiger partial charge in [-0.2, -0.15) is 0 Å². The van der Waals surface area contributed by atoms with Gasteiger partial charge >= 0.3 is 0 Å². The van der Waals surface area contributed by atoms with Crippen LogP contribution in [0.3, 0.4) is 0 Å². The average Bonchev–Trinajstić information content (AvgIpc) is 3.19. The number of hydrogen-bond acceptors (Lipinski definition) is 3. The van der Waals surface area contributed by atoms with Gasteiger partial charge in [0.2, 0.25) is 0 Å². The molecule has 1 N–H and O–H groups in total. The highest BCUT2D eigenvalue weighted by Gasteiger charge is 2.25. The number of aromatic nitrogens is 2. The van der Waals surface area contributed by atoms with Gasteiger partial charge in [0.05, 0.1) is 11.0 Å². The van der Waals surface area contributed by atoms with Crippen molar-refractivity contribution in [3.8, 4) is 0 Å². The van der Waals surface area contributed by atoms with Crippen LogP contribution >= 0.6 is 0 Å². The van der Waals surface area contributed by atoms with Crippen molar-refractivity contribution in [2.45, 2.75) is 44.1 Å². The third-order valence-electron chi connectivity index (χ3n) is 5.83. The molecule has 1 aromatic carbocycles. The van der Waals surface area contributed by atoms with Gasteiger partial charge in [0.25, 0.3) is 0 Å². The van der Waals surface area contributed by atoms with Crippen molar-refractivity contribution >= 4 is 11.0 Å². The van der Waals surface area contributed by atoms with Crippen molar-refractivity contribution in [1.29, 1.82) is 0 Å². The summed E-state index contributed by atoms with van der Waals surface area (Å²) < 4.78 is 0. The number of imidazole rings is 1. The Kier molecular flexibility index (Phi) is 4.36. The quantitative estimate of drug-likeness (QED) is 0.941. The molecular weight excluding hydrogens is 284 g/mol. The SMILES string of the molecule is CN1CCC[C@@H]1CCN1CCC(c2nc3ccccc3[nH]2)CC1. The molecule has 4 nitrogen and oxygen atoms in total. The summed E-state index contributed by atoms with van der Waals surface area (Å²) in [4.78, 5) is 13.5. The number of benzene rings is 1. The summed E-state index contributed by atoms with van der Waals surface area (Å²) in [6.07, 6.45) is 6.59. The summed E-state index contributed by atoms with van der Waals surface area (Å²) in [7, 11) is 2.28. The van der Waals surface area contributed by atoms with Gasteiger partial charge in [0, 0.05) is 12.0 Å². The second-order valence-electron chi connectivity index (χ2n) is 7.32. The number of fused-ring (bicyclic) bond motifs is 1. The molecule has 0 spiro atoms. The van der Waals surface area contributed by atoms with Crippen molar-refractivity contribution < 1.29 is 0 Å². The zero-order valence-electron chi connectivity index (χ0n) is 14.2. The normalized spacial score (nSPS) is 24.7. The fourth-order valence-electron chi connectivity index (χ4n) is 4.27. The van der Waals surface area contributed by atoms with Gasteiger partial charge in [0.15, 0.2) is 0 Å². The lowest BCUT2D eigenvalue weighted by molar-refractivity contribution is 0.184. The molecule has 2 aliphatic heterocycles. The number of piperidine rings is 1. The Morgan fingerprint density at radius 1 is 1.13 bits per heavy atom. The fourth-order valence-corrected chi connectivity index (χ4v) is 4.27. The molecule has 0 unspecified atom stereocenters. The molecule has 2 saturated heterocycles. The van der Waals surface area contributed by atoms with Gasteiger partial charge in [-0.15, -0.1) is 0 Å². The molecule has 0 radical (unpaired) electrons. The molecule has 0 saturated carbocycles. The van der Waals surface area contributed by atoms with Gasteiger partial charge in [-0.25, -0.2) is 4.98 Å². The number of aromatic amines is 1. The Morgan fingerprint density at radius 3 is 2.70 bits per heavy atom. The van der Waals surface area contributed by atoms with Crippen LogP contribution in [0.4, 0.5) is 0 Å². The molecule has 0 bridgehead atoms. The predicted molar refractivity (Wildman–Crippen MR) is 94.8 cm³/mol. The number of rotatable bonds is 4. The van der Waals surface area contributed by atoms with E-state index in [2.05, 4.69) is 46.1 Å². The highest BCUT2D eigenvalue weighted by Crippen LogP contribution is 2.28. The second kappa shape index (κ2) is 6.62. The largest absolute Gasteiger partial charge is 0.342 e. The Hall–Kier alpha value is -1.39. The lowest BCUT2D eigenvalue weighted by Crippen LogP contribution is -2.37. The zero-order valence-corrected chi connectivity index (χ0v) is 14.2. The zero-order chi connectivity index (χ0) is 15.6. The summed E-state index contributed by atoms with van der Waals surface area (Å²) in [6.45, 7) is 5.00. The average molecular weight is 312 g/mol. The molecule has 0 aliphatic carbocycles. The third-order valence-corrected chi connectivity index (χ3v) is 5.83. The smallest absolute Gasteiger partial charge is 0.110 e. The van der Waals surface area contributed by atoms with Crippen molar-refractivity contribution in [2.75, 3.05) is 33.2 Å². The van der Waals surface area contributed by atoms with Crippen LogP contribution in [-0.4, -0.2) is 59.0 Å². The summed E-state index contributed by atoms with van der Waals surface area (Å²) in [5.74, 6) is 1.80. The van der Waals surface area contributed by atoms with Gasteiger partial charge in [-0.05, 0) is 77.5 Å². The van der Waals surface area contributed by atoms with Crippen molar-refractivity contribution in [2.24, 2.45) is 0 Å². The van der Waals surface area contributed by atoms with Crippen LogP contribution in [0.1, 0.15) is 43.8 Å². The number of H-pyrrole nitrogens is 1. The van der Waals surface area contributed by atoms with Gasteiger partial charge in [0.1, 0.15) is 5.82 Å². The van der Waals surface area contributed by atoms with E-state index < -0.39 is 0 Å². The molecule has 2 aliphatic rings. The van der Waals surface area contributed by atoms with Crippen LogP contribution in [0.5, 0.6) is 0 Å². The van der Waals surface area contributed by atoms with E-state index in [-0.39, 0.29) is 0 Å². The maximum Gasteiger partial charge on any atom is 0.110 e. The predicted octanol–water partition coefficient (Wildman–Crippen LogP) is 3.23.